The zero-order chi connectivity index (χ0) is 23.9. The number of nitrogens with one attached hydrogen (secondary N) is 2. The summed E-state index contributed by atoms with van der Waals surface area (Å²) in [5, 5.41) is 15.9. The summed E-state index contributed by atoms with van der Waals surface area (Å²) < 4.78 is 6.03. The van der Waals surface area contributed by atoms with E-state index >= 15 is 0 Å². The van der Waals surface area contributed by atoms with Crippen LogP contribution in [0, 0.1) is 0 Å². The molecule has 7 heteroatoms. The minimum absolute atomic E-state index is 0.0185. The monoisotopic (exact) mass is 461 g/mol. The van der Waals surface area contributed by atoms with E-state index in [-0.39, 0.29) is 12.8 Å². The van der Waals surface area contributed by atoms with Crippen LogP contribution < -0.4 is 15.4 Å². The molecule has 0 saturated heterocycles. The highest BCUT2D eigenvalue weighted by atomic mass is 16.5. The van der Waals surface area contributed by atoms with E-state index in [9.17, 15) is 0 Å². The van der Waals surface area contributed by atoms with Crippen molar-refractivity contribution in [3.8, 4) is 11.8 Å². The van der Waals surface area contributed by atoms with Gasteiger partial charge in [0.25, 0.3) is 0 Å². The molecule has 1 saturated carbocycles. The van der Waals surface area contributed by atoms with E-state index in [1.807, 2.05) is 12.1 Å². The van der Waals surface area contributed by atoms with Gasteiger partial charge in [-0.1, -0.05) is 25.2 Å². The number of aromatic nitrogens is 2. The SMILES string of the molecule is CCc1ccnc(Oc2ccc(/C(=C/C3=CCC(NCO)C=C3)N(C)C)c(NC3CCC3)c2)n1. The molecule has 0 bridgehead atoms. The van der Waals surface area contributed by atoms with Gasteiger partial charge in [-0.25, -0.2) is 4.98 Å². The lowest BCUT2D eigenvalue weighted by Gasteiger charge is -2.30. The fourth-order valence-corrected chi connectivity index (χ4v) is 4.05. The van der Waals surface area contributed by atoms with Crippen LogP contribution in [0.5, 0.6) is 11.8 Å². The summed E-state index contributed by atoms with van der Waals surface area (Å²) in [7, 11) is 4.13. The van der Waals surface area contributed by atoms with Crippen LogP contribution in [-0.2, 0) is 6.42 Å². The van der Waals surface area contributed by atoms with Crippen molar-refractivity contribution in [2.45, 2.75) is 51.1 Å². The third kappa shape index (κ3) is 6.04. The van der Waals surface area contributed by atoms with Crippen molar-refractivity contribution in [3.63, 3.8) is 0 Å². The summed E-state index contributed by atoms with van der Waals surface area (Å²) >= 11 is 0. The molecule has 0 amide bonds. The van der Waals surface area contributed by atoms with Gasteiger partial charge in [0.15, 0.2) is 0 Å². The maximum atomic E-state index is 9.11. The van der Waals surface area contributed by atoms with Gasteiger partial charge in [-0.15, -0.1) is 0 Å². The van der Waals surface area contributed by atoms with Crippen molar-refractivity contribution < 1.29 is 9.84 Å². The average molecular weight is 462 g/mol. The minimum atomic E-state index is -0.0185. The molecule has 1 heterocycles. The van der Waals surface area contributed by atoms with E-state index in [1.54, 1.807) is 6.20 Å². The van der Waals surface area contributed by atoms with Gasteiger partial charge in [-0.3, -0.25) is 5.32 Å². The van der Waals surface area contributed by atoms with Crippen LogP contribution >= 0.6 is 0 Å². The van der Waals surface area contributed by atoms with Gasteiger partial charge in [0.05, 0.1) is 6.73 Å². The van der Waals surface area contributed by atoms with E-state index in [1.165, 1.54) is 19.3 Å². The molecular weight excluding hydrogens is 426 g/mol. The molecule has 2 aliphatic carbocycles. The summed E-state index contributed by atoms with van der Waals surface area (Å²) in [6.45, 7) is 2.05. The highest BCUT2D eigenvalue weighted by Crippen LogP contribution is 2.34. The lowest BCUT2D eigenvalue weighted by Crippen LogP contribution is -2.28. The number of anilines is 1. The molecule has 2 aliphatic rings. The molecule has 7 nitrogen and oxygen atoms in total. The summed E-state index contributed by atoms with van der Waals surface area (Å²) in [6, 6.07) is 9.07. The Morgan fingerprint density at radius 1 is 1.26 bits per heavy atom. The molecule has 34 heavy (non-hydrogen) atoms. The van der Waals surface area contributed by atoms with Gasteiger partial charge >= 0.3 is 6.01 Å². The van der Waals surface area contributed by atoms with Crippen molar-refractivity contribution in [1.82, 2.24) is 20.2 Å². The van der Waals surface area contributed by atoms with Gasteiger partial charge < -0.3 is 20.1 Å². The third-order valence-corrected chi connectivity index (χ3v) is 6.26. The lowest BCUT2D eigenvalue weighted by atomic mass is 9.92. The van der Waals surface area contributed by atoms with Crippen LogP contribution in [-0.4, -0.2) is 52.9 Å². The minimum Gasteiger partial charge on any atom is -0.424 e. The molecule has 3 N–H and O–H groups in total. The molecule has 1 aromatic carbocycles. The first-order valence-electron chi connectivity index (χ1n) is 12.1. The number of nitrogens with zero attached hydrogens (tertiary/aromatic N) is 3. The number of aliphatic hydroxyl groups excluding tert-OH is 1. The molecule has 0 radical (unpaired) electrons. The van der Waals surface area contributed by atoms with E-state index in [0.717, 1.165) is 41.1 Å². The highest BCUT2D eigenvalue weighted by Gasteiger charge is 2.21. The number of aryl methyl sites for hydroxylation is 1. The van der Waals surface area contributed by atoms with E-state index in [0.29, 0.717) is 17.8 Å². The first-order chi connectivity index (χ1) is 16.6. The number of ether oxygens (including phenoxy) is 1. The predicted molar refractivity (Wildman–Crippen MR) is 137 cm³/mol. The van der Waals surface area contributed by atoms with E-state index < -0.39 is 0 Å². The Bertz CT molecular complexity index is 1070. The molecule has 180 valence electrons. The molecule has 0 aliphatic heterocycles. The third-order valence-electron chi connectivity index (χ3n) is 6.26. The second kappa shape index (κ2) is 11.3. The zero-order valence-corrected chi connectivity index (χ0v) is 20.3. The Hall–Kier alpha value is -3.16. The number of rotatable bonds is 10. The Morgan fingerprint density at radius 2 is 2.12 bits per heavy atom. The van der Waals surface area contributed by atoms with Gasteiger partial charge in [-0.2, -0.15) is 4.98 Å². The molecule has 0 spiro atoms. The van der Waals surface area contributed by atoms with Gasteiger partial charge in [0, 0.05) is 61.1 Å². The summed E-state index contributed by atoms with van der Waals surface area (Å²) in [6.07, 6.45) is 15.7. The number of benzene rings is 1. The first kappa shape index (κ1) is 24.0. The number of hydrogen-bond acceptors (Lipinski definition) is 7. The second-order valence-corrected chi connectivity index (χ2v) is 8.96. The summed E-state index contributed by atoms with van der Waals surface area (Å²) in [4.78, 5) is 10.9. The Labute approximate surface area is 202 Å². The Balaban J connectivity index is 1.63. The molecule has 1 unspecified atom stereocenters. The quantitative estimate of drug-likeness (QED) is 0.450. The standard InChI is InChI=1S/C27H35N5O2/c1-4-20-14-15-28-27(31-20)34-23-12-13-24(25(17-23)30-22-6-5-7-22)26(32(2)3)16-19-8-10-21(11-9-19)29-18-33/h8-10,12-17,21-22,29-30,33H,4-7,11,18H2,1-3H3/b26-16-. The van der Waals surface area contributed by atoms with Gasteiger partial charge in [-0.05, 0) is 62.0 Å². The Kier molecular flexibility index (Phi) is 7.98. The zero-order valence-electron chi connectivity index (χ0n) is 20.3. The number of hydrogen-bond donors (Lipinski definition) is 3. The first-order valence-corrected chi connectivity index (χ1v) is 12.1. The molecule has 1 aromatic heterocycles. The second-order valence-electron chi connectivity index (χ2n) is 8.96. The molecular formula is C27H35N5O2. The van der Waals surface area contributed by atoms with Crippen LogP contribution in [0.2, 0.25) is 0 Å². The lowest BCUT2D eigenvalue weighted by molar-refractivity contribution is 0.250. The van der Waals surface area contributed by atoms with Crippen molar-refractivity contribution >= 4 is 11.4 Å². The molecule has 2 aromatic rings. The number of aliphatic hydroxyl groups is 1. The van der Waals surface area contributed by atoms with Crippen LogP contribution in [0.3, 0.4) is 0 Å². The maximum Gasteiger partial charge on any atom is 0.322 e. The fraction of sp³-hybridized carbons (Fsp3) is 0.407. The van der Waals surface area contributed by atoms with Crippen LogP contribution in [0.15, 0.2) is 60.3 Å². The van der Waals surface area contributed by atoms with Crippen molar-refractivity contribution in [2.24, 2.45) is 0 Å². The maximum absolute atomic E-state index is 9.11. The topological polar surface area (TPSA) is 82.5 Å². The van der Waals surface area contributed by atoms with E-state index in [2.05, 4.69) is 83.0 Å². The average Bonchev–Trinajstić information content (AvgIpc) is 2.81. The number of allylic oxidation sites excluding steroid dienone is 3. The van der Waals surface area contributed by atoms with E-state index in [4.69, 9.17) is 9.84 Å². The molecule has 4 rings (SSSR count). The van der Waals surface area contributed by atoms with Crippen molar-refractivity contribution in [3.05, 3.63) is 71.6 Å². The molecule has 1 atom stereocenters. The van der Waals surface area contributed by atoms with Gasteiger partial charge in [0.2, 0.25) is 0 Å². The van der Waals surface area contributed by atoms with Crippen LogP contribution in [0.1, 0.15) is 43.9 Å². The molecule has 1 fully saturated rings. The van der Waals surface area contributed by atoms with Crippen LogP contribution in [0.4, 0.5) is 5.69 Å². The van der Waals surface area contributed by atoms with Crippen molar-refractivity contribution in [1.29, 1.82) is 0 Å². The largest absolute Gasteiger partial charge is 0.424 e. The van der Waals surface area contributed by atoms with Gasteiger partial charge in [0.1, 0.15) is 5.75 Å². The summed E-state index contributed by atoms with van der Waals surface area (Å²) in [5.74, 6) is 0.714. The Morgan fingerprint density at radius 3 is 2.76 bits per heavy atom. The highest BCUT2D eigenvalue weighted by molar-refractivity contribution is 5.78. The summed E-state index contributed by atoms with van der Waals surface area (Å²) in [5.41, 5.74) is 5.39. The van der Waals surface area contributed by atoms with Crippen molar-refractivity contribution in [2.75, 3.05) is 26.1 Å². The normalized spacial score (nSPS) is 18.3. The smallest absolute Gasteiger partial charge is 0.322 e. The fourth-order valence-electron chi connectivity index (χ4n) is 4.05. The van der Waals surface area contributed by atoms with Crippen LogP contribution in [0.25, 0.3) is 5.70 Å². The predicted octanol–water partition coefficient (Wildman–Crippen LogP) is 4.49.